The molecule has 4 rings (SSSR count). The lowest BCUT2D eigenvalue weighted by Crippen LogP contribution is -2.07. The molecule has 7 heteroatoms. The van der Waals surface area contributed by atoms with Crippen LogP contribution in [-0.4, -0.2) is 15.0 Å². The third-order valence-corrected chi connectivity index (χ3v) is 4.18. The summed E-state index contributed by atoms with van der Waals surface area (Å²) in [5.41, 5.74) is 2.17. The van der Waals surface area contributed by atoms with Gasteiger partial charge in [-0.05, 0) is 23.8 Å². The van der Waals surface area contributed by atoms with Crippen LogP contribution in [0.2, 0.25) is 0 Å². The molecule has 0 radical (unpaired) electrons. The Hall–Kier alpha value is -3.87. The van der Waals surface area contributed by atoms with Crippen molar-refractivity contribution >= 4 is 17.5 Å². The van der Waals surface area contributed by atoms with Crippen molar-refractivity contribution in [1.82, 2.24) is 15.0 Å². The maximum atomic E-state index is 14.1. The van der Waals surface area contributed by atoms with Gasteiger partial charge in [0.15, 0.2) is 0 Å². The number of pyridine rings is 1. The molecule has 29 heavy (non-hydrogen) atoms. The second-order valence-electron chi connectivity index (χ2n) is 6.26. The molecule has 0 aliphatic heterocycles. The maximum absolute atomic E-state index is 14.1. The fourth-order valence-electron chi connectivity index (χ4n) is 2.78. The van der Waals surface area contributed by atoms with E-state index in [1.807, 2.05) is 42.5 Å². The highest BCUT2D eigenvalue weighted by Crippen LogP contribution is 2.26. The minimum Gasteiger partial charge on any atom is -0.350 e. The molecule has 0 unspecified atom stereocenters. The van der Waals surface area contributed by atoms with Crippen LogP contribution in [0.3, 0.4) is 0 Å². The summed E-state index contributed by atoms with van der Waals surface area (Å²) in [6.45, 7) is 0.458. The average Bonchev–Trinajstić information content (AvgIpc) is 2.76. The van der Waals surface area contributed by atoms with Gasteiger partial charge in [0, 0.05) is 30.6 Å². The number of anilines is 3. The first-order chi connectivity index (χ1) is 14.2. The zero-order valence-electron chi connectivity index (χ0n) is 15.3. The van der Waals surface area contributed by atoms with E-state index in [1.54, 1.807) is 18.5 Å². The first kappa shape index (κ1) is 18.5. The number of halogens is 2. The van der Waals surface area contributed by atoms with Gasteiger partial charge in [-0.25, -0.2) is 13.8 Å². The lowest BCUT2D eigenvalue weighted by Gasteiger charge is -2.12. The Bertz CT molecular complexity index is 1080. The van der Waals surface area contributed by atoms with Gasteiger partial charge in [-0.15, -0.1) is 0 Å². The summed E-state index contributed by atoms with van der Waals surface area (Å²) < 4.78 is 28.1. The van der Waals surface area contributed by atoms with E-state index in [0.717, 1.165) is 11.1 Å². The Morgan fingerprint density at radius 1 is 0.828 bits per heavy atom. The minimum atomic E-state index is -0.699. The molecule has 0 aliphatic rings. The highest BCUT2D eigenvalue weighted by molar-refractivity contribution is 5.67. The van der Waals surface area contributed by atoms with Crippen LogP contribution in [0.5, 0.6) is 0 Å². The minimum absolute atomic E-state index is 0.261. The van der Waals surface area contributed by atoms with Crippen LogP contribution in [0, 0.1) is 11.6 Å². The second kappa shape index (κ2) is 8.43. The third kappa shape index (κ3) is 4.52. The van der Waals surface area contributed by atoms with Gasteiger partial charge < -0.3 is 10.6 Å². The van der Waals surface area contributed by atoms with Crippen molar-refractivity contribution in [3.63, 3.8) is 0 Å². The van der Waals surface area contributed by atoms with E-state index in [4.69, 9.17) is 0 Å². The van der Waals surface area contributed by atoms with Crippen LogP contribution >= 0.6 is 0 Å². The average molecular weight is 389 g/mol. The molecule has 0 aliphatic carbocycles. The number of rotatable bonds is 6. The molecule has 0 saturated carbocycles. The van der Waals surface area contributed by atoms with E-state index in [1.165, 1.54) is 18.2 Å². The largest absolute Gasteiger partial charge is 0.350 e. The zero-order valence-corrected chi connectivity index (χ0v) is 15.3. The number of benzene rings is 2. The first-order valence-corrected chi connectivity index (χ1v) is 8.97. The van der Waals surface area contributed by atoms with Crippen molar-refractivity contribution < 1.29 is 8.78 Å². The summed E-state index contributed by atoms with van der Waals surface area (Å²) in [6, 6.07) is 18.6. The first-order valence-electron chi connectivity index (χ1n) is 8.97. The monoisotopic (exact) mass is 389 g/mol. The number of hydrogen-bond donors (Lipinski definition) is 2. The highest BCUT2D eigenvalue weighted by atomic mass is 19.1. The molecule has 0 bridgehead atoms. The number of nitrogens with one attached hydrogen (secondary N) is 2. The molecule has 2 aromatic carbocycles. The summed E-state index contributed by atoms with van der Waals surface area (Å²) in [5.74, 6) is -0.796. The lowest BCUT2D eigenvalue weighted by molar-refractivity contribution is 0.590. The van der Waals surface area contributed by atoms with Crippen molar-refractivity contribution in [2.75, 3.05) is 10.6 Å². The Kier molecular flexibility index (Phi) is 5.38. The summed E-state index contributed by atoms with van der Waals surface area (Å²) in [6.07, 6.45) is 3.43. The van der Waals surface area contributed by atoms with Gasteiger partial charge in [-0.3, -0.25) is 4.98 Å². The van der Waals surface area contributed by atoms with Crippen molar-refractivity contribution in [2.24, 2.45) is 0 Å². The molecule has 2 aromatic heterocycles. The van der Waals surface area contributed by atoms with E-state index >= 15 is 0 Å². The fraction of sp³-hybridized carbons (Fsp3) is 0.0455. The summed E-state index contributed by atoms with van der Waals surface area (Å²) in [5, 5.41) is 5.87. The standard InChI is InChI=1S/C22H17F2N5/c23-17-9-4-10-18(24)21(17)28-20-12-19(16-7-2-1-3-8-16)27-22(29-20)26-14-15-6-5-11-25-13-15/h1-13H,14H2,(H2,26,27,28,29). The molecule has 0 fully saturated rings. The Balaban J connectivity index is 1.68. The number of aromatic nitrogens is 3. The quantitative estimate of drug-likeness (QED) is 0.476. The maximum Gasteiger partial charge on any atom is 0.225 e. The van der Waals surface area contributed by atoms with Crippen molar-refractivity contribution in [3.8, 4) is 11.3 Å². The van der Waals surface area contributed by atoms with E-state index in [2.05, 4.69) is 25.6 Å². The fourth-order valence-corrected chi connectivity index (χ4v) is 2.78. The van der Waals surface area contributed by atoms with E-state index < -0.39 is 11.6 Å². The Morgan fingerprint density at radius 3 is 2.34 bits per heavy atom. The summed E-state index contributed by atoms with van der Waals surface area (Å²) in [7, 11) is 0. The molecule has 4 aromatic rings. The van der Waals surface area contributed by atoms with Crippen molar-refractivity contribution in [2.45, 2.75) is 6.54 Å². The van der Waals surface area contributed by atoms with Gasteiger partial charge >= 0.3 is 0 Å². The van der Waals surface area contributed by atoms with Crippen LogP contribution in [0.15, 0.2) is 79.1 Å². The van der Waals surface area contributed by atoms with E-state index in [0.29, 0.717) is 18.2 Å². The molecule has 144 valence electrons. The van der Waals surface area contributed by atoms with Crippen LogP contribution in [-0.2, 0) is 6.54 Å². The van der Waals surface area contributed by atoms with Crippen molar-refractivity contribution in [1.29, 1.82) is 0 Å². The van der Waals surface area contributed by atoms with E-state index in [9.17, 15) is 8.78 Å². The molecule has 2 N–H and O–H groups in total. The Labute approximate surface area is 166 Å². The SMILES string of the molecule is Fc1cccc(F)c1Nc1cc(-c2ccccc2)nc(NCc2cccnc2)n1. The van der Waals surface area contributed by atoms with Crippen LogP contribution < -0.4 is 10.6 Å². The van der Waals surface area contributed by atoms with Crippen LogP contribution in [0.4, 0.5) is 26.2 Å². The topological polar surface area (TPSA) is 62.7 Å². The molecular weight excluding hydrogens is 372 g/mol. The summed E-state index contributed by atoms with van der Waals surface area (Å²) in [4.78, 5) is 13.0. The van der Waals surface area contributed by atoms with Gasteiger partial charge in [0.05, 0.1) is 5.69 Å². The zero-order chi connectivity index (χ0) is 20.1. The highest BCUT2D eigenvalue weighted by Gasteiger charge is 2.12. The Morgan fingerprint density at radius 2 is 1.62 bits per heavy atom. The van der Waals surface area contributed by atoms with Gasteiger partial charge in [-0.1, -0.05) is 42.5 Å². The predicted molar refractivity (Wildman–Crippen MR) is 109 cm³/mol. The smallest absolute Gasteiger partial charge is 0.225 e. The van der Waals surface area contributed by atoms with E-state index in [-0.39, 0.29) is 11.5 Å². The van der Waals surface area contributed by atoms with Crippen LogP contribution in [0.1, 0.15) is 5.56 Å². The number of nitrogens with zero attached hydrogens (tertiary/aromatic N) is 3. The number of para-hydroxylation sites is 1. The number of hydrogen-bond acceptors (Lipinski definition) is 5. The molecule has 0 atom stereocenters. The summed E-state index contributed by atoms with van der Waals surface area (Å²) >= 11 is 0. The van der Waals surface area contributed by atoms with Crippen molar-refractivity contribution in [3.05, 3.63) is 96.3 Å². The normalized spacial score (nSPS) is 10.6. The predicted octanol–water partition coefficient (Wildman–Crippen LogP) is 5.17. The molecule has 0 spiro atoms. The lowest BCUT2D eigenvalue weighted by atomic mass is 10.1. The van der Waals surface area contributed by atoms with Gasteiger partial charge in [0.2, 0.25) is 5.95 Å². The van der Waals surface area contributed by atoms with Gasteiger partial charge in [0.25, 0.3) is 0 Å². The molecule has 0 amide bonds. The molecule has 5 nitrogen and oxygen atoms in total. The second-order valence-corrected chi connectivity index (χ2v) is 6.26. The van der Waals surface area contributed by atoms with Gasteiger partial charge in [-0.2, -0.15) is 4.98 Å². The molecular formula is C22H17F2N5. The third-order valence-electron chi connectivity index (χ3n) is 4.18. The molecule has 0 saturated heterocycles. The van der Waals surface area contributed by atoms with Gasteiger partial charge in [0.1, 0.15) is 23.1 Å². The van der Waals surface area contributed by atoms with Crippen LogP contribution in [0.25, 0.3) is 11.3 Å². The molecule has 2 heterocycles.